The number of ketones is 1. The van der Waals surface area contributed by atoms with Gasteiger partial charge in [-0.3, -0.25) is 4.79 Å². The Morgan fingerprint density at radius 2 is 1.82 bits per heavy atom. The van der Waals surface area contributed by atoms with Crippen LogP contribution in [0, 0.1) is 5.92 Å². The standard InChI is InChI=1S/C18H25ClO3/c1-21-17-12-16(19)18(22-2)11-14(17)10-15(20)9-8-13-6-4-3-5-7-13/h11-13H,3-10H2,1-2H3. The summed E-state index contributed by atoms with van der Waals surface area (Å²) in [6.45, 7) is 0. The number of carbonyl (C=O) groups is 1. The van der Waals surface area contributed by atoms with Crippen LogP contribution >= 0.6 is 11.6 Å². The third-order valence-electron chi connectivity index (χ3n) is 4.50. The Morgan fingerprint density at radius 1 is 1.14 bits per heavy atom. The van der Waals surface area contributed by atoms with Crippen molar-refractivity contribution in [2.45, 2.75) is 51.4 Å². The number of ether oxygens (including phenoxy) is 2. The summed E-state index contributed by atoms with van der Waals surface area (Å²) >= 11 is 6.09. The van der Waals surface area contributed by atoms with Gasteiger partial charge in [0.15, 0.2) is 0 Å². The molecule has 22 heavy (non-hydrogen) atoms. The minimum atomic E-state index is 0.258. The molecule has 0 aliphatic heterocycles. The molecule has 0 radical (unpaired) electrons. The van der Waals surface area contributed by atoms with Crippen molar-refractivity contribution < 1.29 is 14.3 Å². The third-order valence-corrected chi connectivity index (χ3v) is 4.79. The van der Waals surface area contributed by atoms with Gasteiger partial charge in [0.05, 0.1) is 19.2 Å². The molecule has 4 heteroatoms. The molecule has 1 aromatic carbocycles. The van der Waals surface area contributed by atoms with Gasteiger partial charge in [-0.25, -0.2) is 0 Å². The van der Waals surface area contributed by atoms with E-state index in [9.17, 15) is 4.79 Å². The van der Waals surface area contributed by atoms with Crippen LogP contribution in [-0.2, 0) is 11.2 Å². The van der Waals surface area contributed by atoms with E-state index >= 15 is 0 Å². The first-order valence-corrected chi connectivity index (χ1v) is 8.44. The molecule has 0 heterocycles. The van der Waals surface area contributed by atoms with Crippen molar-refractivity contribution in [3.8, 4) is 11.5 Å². The zero-order valence-corrected chi connectivity index (χ0v) is 14.2. The number of hydrogen-bond donors (Lipinski definition) is 0. The number of hydrogen-bond acceptors (Lipinski definition) is 3. The highest BCUT2D eigenvalue weighted by Gasteiger charge is 2.17. The lowest BCUT2D eigenvalue weighted by atomic mass is 9.85. The molecule has 1 aliphatic carbocycles. The second-order valence-electron chi connectivity index (χ2n) is 6.06. The SMILES string of the molecule is COc1cc(CC(=O)CCC2CCCCC2)c(OC)cc1Cl. The minimum absolute atomic E-state index is 0.258. The smallest absolute Gasteiger partial charge is 0.138 e. The number of benzene rings is 1. The summed E-state index contributed by atoms with van der Waals surface area (Å²) in [6.07, 6.45) is 8.61. The monoisotopic (exact) mass is 324 g/mol. The van der Waals surface area contributed by atoms with Crippen molar-refractivity contribution in [3.05, 3.63) is 22.7 Å². The lowest BCUT2D eigenvalue weighted by Crippen LogP contribution is -2.11. The van der Waals surface area contributed by atoms with Crippen LogP contribution in [0.4, 0.5) is 0 Å². The van der Waals surface area contributed by atoms with Crippen molar-refractivity contribution in [1.82, 2.24) is 0 Å². The fraction of sp³-hybridized carbons (Fsp3) is 0.611. The van der Waals surface area contributed by atoms with E-state index in [0.29, 0.717) is 29.4 Å². The Balaban J connectivity index is 1.95. The maximum atomic E-state index is 12.3. The minimum Gasteiger partial charge on any atom is -0.496 e. The van der Waals surface area contributed by atoms with E-state index in [2.05, 4.69) is 0 Å². The maximum Gasteiger partial charge on any atom is 0.138 e. The second-order valence-corrected chi connectivity index (χ2v) is 6.46. The van der Waals surface area contributed by atoms with Crippen LogP contribution in [0.5, 0.6) is 11.5 Å². The van der Waals surface area contributed by atoms with E-state index in [4.69, 9.17) is 21.1 Å². The van der Waals surface area contributed by atoms with Crippen molar-refractivity contribution in [2.24, 2.45) is 5.92 Å². The van der Waals surface area contributed by atoms with Crippen molar-refractivity contribution in [1.29, 1.82) is 0 Å². The quantitative estimate of drug-likeness (QED) is 0.720. The van der Waals surface area contributed by atoms with Gasteiger partial charge in [-0.2, -0.15) is 0 Å². The highest BCUT2D eigenvalue weighted by atomic mass is 35.5. The molecule has 0 amide bonds. The van der Waals surface area contributed by atoms with Gasteiger partial charge in [-0.05, 0) is 18.4 Å². The molecule has 0 atom stereocenters. The van der Waals surface area contributed by atoms with E-state index in [1.165, 1.54) is 32.1 Å². The van der Waals surface area contributed by atoms with E-state index in [-0.39, 0.29) is 5.78 Å². The van der Waals surface area contributed by atoms with Crippen LogP contribution in [0.3, 0.4) is 0 Å². The fourth-order valence-electron chi connectivity index (χ4n) is 3.20. The van der Waals surface area contributed by atoms with E-state index in [1.54, 1.807) is 26.4 Å². The molecule has 0 N–H and O–H groups in total. The van der Waals surface area contributed by atoms with Gasteiger partial charge < -0.3 is 9.47 Å². The van der Waals surface area contributed by atoms with Gasteiger partial charge >= 0.3 is 0 Å². The van der Waals surface area contributed by atoms with E-state index in [0.717, 1.165) is 17.9 Å². The number of Topliss-reactive ketones (excluding diaryl/α,β-unsaturated/α-hetero) is 1. The normalized spacial score (nSPS) is 15.6. The summed E-state index contributed by atoms with van der Waals surface area (Å²) in [5, 5.41) is 0.498. The average molecular weight is 325 g/mol. The van der Waals surface area contributed by atoms with Crippen LogP contribution in [0.25, 0.3) is 0 Å². The van der Waals surface area contributed by atoms with Gasteiger partial charge in [-0.15, -0.1) is 0 Å². The van der Waals surface area contributed by atoms with E-state index < -0.39 is 0 Å². The van der Waals surface area contributed by atoms with Crippen LogP contribution in [0.2, 0.25) is 5.02 Å². The Bertz CT molecular complexity index is 507. The molecule has 1 aliphatic rings. The van der Waals surface area contributed by atoms with Crippen molar-refractivity contribution >= 4 is 17.4 Å². The topological polar surface area (TPSA) is 35.5 Å². The van der Waals surface area contributed by atoms with Crippen molar-refractivity contribution in [3.63, 3.8) is 0 Å². The van der Waals surface area contributed by atoms with Gasteiger partial charge in [0.2, 0.25) is 0 Å². The summed E-state index contributed by atoms with van der Waals surface area (Å²) in [6, 6.07) is 3.52. The molecule has 0 saturated heterocycles. The van der Waals surface area contributed by atoms with E-state index in [1.807, 2.05) is 0 Å². The number of rotatable bonds is 7. The molecular weight excluding hydrogens is 300 g/mol. The molecule has 0 spiro atoms. The number of halogens is 1. The summed E-state index contributed by atoms with van der Waals surface area (Å²) in [4.78, 5) is 12.3. The van der Waals surface area contributed by atoms with Crippen LogP contribution < -0.4 is 9.47 Å². The molecule has 3 nitrogen and oxygen atoms in total. The Kier molecular flexibility index (Phi) is 6.56. The first-order valence-electron chi connectivity index (χ1n) is 8.06. The van der Waals surface area contributed by atoms with Crippen LogP contribution in [0.1, 0.15) is 50.5 Å². The second kappa shape index (κ2) is 8.42. The Hall–Kier alpha value is -1.22. The number of carbonyl (C=O) groups excluding carboxylic acids is 1. The predicted molar refractivity (Wildman–Crippen MR) is 89.1 cm³/mol. The molecule has 1 saturated carbocycles. The number of methoxy groups -OCH3 is 2. The van der Waals surface area contributed by atoms with Crippen LogP contribution in [-0.4, -0.2) is 20.0 Å². The first-order chi connectivity index (χ1) is 10.6. The summed E-state index contributed by atoms with van der Waals surface area (Å²) in [5.41, 5.74) is 0.845. The maximum absolute atomic E-state index is 12.3. The molecule has 1 aromatic rings. The fourth-order valence-corrected chi connectivity index (χ4v) is 3.43. The highest BCUT2D eigenvalue weighted by molar-refractivity contribution is 6.32. The lowest BCUT2D eigenvalue weighted by Gasteiger charge is -2.21. The molecule has 122 valence electrons. The third kappa shape index (κ3) is 4.64. The molecule has 0 unspecified atom stereocenters. The van der Waals surface area contributed by atoms with Crippen LogP contribution in [0.15, 0.2) is 12.1 Å². The summed E-state index contributed by atoms with van der Waals surface area (Å²) in [7, 11) is 3.16. The molecule has 0 bridgehead atoms. The largest absolute Gasteiger partial charge is 0.496 e. The van der Waals surface area contributed by atoms with Crippen molar-refractivity contribution in [2.75, 3.05) is 14.2 Å². The Morgan fingerprint density at radius 3 is 2.45 bits per heavy atom. The zero-order valence-electron chi connectivity index (χ0n) is 13.5. The predicted octanol–water partition coefficient (Wildman–Crippen LogP) is 4.83. The molecular formula is C18H25ClO3. The average Bonchev–Trinajstić information content (AvgIpc) is 2.55. The highest BCUT2D eigenvalue weighted by Crippen LogP contribution is 2.33. The zero-order chi connectivity index (χ0) is 15.9. The molecule has 1 fully saturated rings. The summed E-state index contributed by atoms with van der Waals surface area (Å²) < 4.78 is 10.6. The Labute approximate surface area is 137 Å². The van der Waals surface area contributed by atoms with Gasteiger partial charge in [0.25, 0.3) is 0 Å². The van der Waals surface area contributed by atoms with Gasteiger partial charge in [-0.1, -0.05) is 43.7 Å². The lowest BCUT2D eigenvalue weighted by molar-refractivity contribution is -0.118. The van der Waals surface area contributed by atoms with Gasteiger partial charge in [0.1, 0.15) is 17.3 Å². The summed E-state index contributed by atoms with van der Waals surface area (Å²) in [5.74, 6) is 2.22. The van der Waals surface area contributed by atoms with Gasteiger partial charge in [0, 0.05) is 24.5 Å². The first kappa shape index (κ1) is 17.1. The molecule has 0 aromatic heterocycles. The molecule has 2 rings (SSSR count).